The van der Waals surface area contributed by atoms with Gasteiger partial charge in [0, 0.05) is 0 Å². The largest absolute Gasteiger partial charge is 0.169 e. The van der Waals surface area contributed by atoms with Gasteiger partial charge in [-0.25, -0.2) is 0 Å². The summed E-state index contributed by atoms with van der Waals surface area (Å²) in [5.74, 6) is 1.42. The van der Waals surface area contributed by atoms with Gasteiger partial charge in [0.05, 0.1) is 45.5 Å². The summed E-state index contributed by atoms with van der Waals surface area (Å²) in [6.07, 6.45) is 10.7. The van der Waals surface area contributed by atoms with Gasteiger partial charge >= 0.3 is 0 Å². The van der Waals surface area contributed by atoms with Crippen LogP contribution in [0.15, 0.2) is 0 Å². The Morgan fingerprint density at radius 3 is 0.917 bits per heavy atom. The smallest absolute Gasteiger partial charge is 0.0969 e. The van der Waals surface area contributed by atoms with E-state index in [2.05, 4.69) is 39.5 Å². The summed E-state index contributed by atoms with van der Waals surface area (Å²) < 4.78 is 0. The molecular weight excluding hydrogens is 184 g/mol. The molecule has 2 heteroatoms. The Morgan fingerprint density at radius 1 is 0.917 bits per heavy atom. The molecule has 0 nitrogen and oxygen atoms in total. The SMILES string of the molecule is C.CSC.C[C+](C)C.C[S+](C)C. The van der Waals surface area contributed by atoms with Crippen LogP contribution in [0.25, 0.3) is 0 Å². The Morgan fingerprint density at radius 2 is 0.917 bits per heavy atom. The van der Waals surface area contributed by atoms with E-state index >= 15 is 0 Å². The predicted molar refractivity (Wildman–Crippen MR) is 71.6 cm³/mol. The second-order valence-electron chi connectivity index (χ2n) is 3.13. The average molecular weight is 212 g/mol. The highest BCUT2D eigenvalue weighted by molar-refractivity contribution is 7.97. The quantitative estimate of drug-likeness (QED) is 0.435. The van der Waals surface area contributed by atoms with E-state index in [1.165, 1.54) is 5.92 Å². The van der Waals surface area contributed by atoms with E-state index in [0.29, 0.717) is 10.9 Å². The summed E-state index contributed by atoms with van der Waals surface area (Å²) in [5.41, 5.74) is 0. The molecule has 0 fully saturated rings. The van der Waals surface area contributed by atoms with Gasteiger partial charge in [-0.15, -0.1) is 0 Å². The molecule has 0 atom stereocenters. The Bertz CT molecular complexity index is 31.6. The van der Waals surface area contributed by atoms with Gasteiger partial charge in [-0.1, -0.05) is 7.43 Å². The van der Waals surface area contributed by atoms with Crippen LogP contribution in [-0.4, -0.2) is 31.3 Å². The van der Waals surface area contributed by atoms with Crippen molar-refractivity contribution in [3.63, 3.8) is 0 Å². The van der Waals surface area contributed by atoms with E-state index in [0.717, 1.165) is 0 Å². The van der Waals surface area contributed by atoms with Crippen molar-refractivity contribution in [2.75, 3.05) is 31.3 Å². The molecular formula is C10H28S2+2. The zero-order valence-corrected chi connectivity index (χ0v) is 10.9. The minimum Gasteiger partial charge on any atom is -0.169 e. The van der Waals surface area contributed by atoms with Gasteiger partial charge < -0.3 is 0 Å². The van der Waals surface area contributed by atoms with Gasteiger partial charge in [0.25, 0.3) is 0 Å². The second-order valence-corrected chi connectivity index (χ2v) is 6.40. The van der Waals surface area contributed by atoms with E-state index in [1.807, 2.05) is 12.5 Å². The summed E-state index contributed by atoms with van der Waals surface area (Å²) in [7, 11) is 0.639. The second kappa shape index (κ2) is 22.6. The first kappa shape index (κ1) is 22.9. The zero-order chi connectivity index (χ0) is 9.86. The molecule has 0 aromatic rings. The van der Waals surface area contributed by atoms with Crippen LogP contribution in [0.2, 0.25) is 0 Å². The molecule has 0 N–H and O–H groups in total. The fourth-order valence-electron chi connectivity index (χ4n) is 0. The summed E-state index contributed by atoms with van der Waals surface area (Å²) in [6.45, 7) is 6.25. The minimum absolute atomic E-state index is 0. The molecule has 0 saturated carbocycles. The molecule has 0 rings (SSSR count). The monoisotopic (exact) mass is 212 g/mol. The average Bonchev–Trinajstić information content (AvgIpc) is 1.60. The molecule has 0 saturated heterocycles. The standard InChI is InChI=1S/C4H9.C3H9S.C2H6S.CH4/c2*1-4(2)3;1-3-2;/h2*1-3H3;1-2H3;1H4/q2*+1;;. The third kappa shape index (κ3) is 2980. The van der Waals surface area contributed by atoms with Crippen LogP contribution in [0.3, 0.4) is 0 Å². The van der Waals surface area contributed by atoms with Crippen molar-refractivity contribution >= 4 is 22.7 Å². The van der Waals surface area contributed by atoms with Crippen LogP contribution in [0.4, 0.5) is 0 Å². The molecule has 0 amide bonds. The lowest BCUT2D eigenvalue weighted by Gasteiger charge is -1.69. The van der Waals surface area contributed by atoms with E-state index in [4.69, 9.17) is 0 Å². The van der Waals surface area contributed by atoms with Crippen LogP contribution < -0.4 is 0 Å². The first-order valence-electron chi connectivity index (χ1n) is 3.54. The summed E-state index contributed by atoms with van der Waals surface area (Å²) >= 11 is 1.75. The van der Waals surface area contributed by atoms with Gasteiger partial charge in [0.2, 0.25) is 0 Å². The highest BCUT2D eigenvalue weighted by atomic mass is 32.2. The van der Waals surface area contributed by atoms with Gasteiger partial charge in [-0.05, 0) is 23.4 Å². The molecule has 78 valence electrons. The van der Waals surface area contributed by atoms with Crippen molar-refractivity contribution in [3.05, 3.63) is 5.92 Å². The molecule has 0 heterocycles. The molecule has 0 aliphatic rings. The summed E-state index contributed by atoms with van der Waals surface area (Å²) in [4.78, 5) is 0. The minimum atomic E-state index is 0. The first-order chi connectivity index (χ1) is 4.88. The van der Waals surface area contributed by atoms with Crippen molar-refractivity contribution in [3.8, 4) is 0 Å². The molecule has 12 heavy (non-hydrogen) atoms. The molecule has 0 aliphatic carbocycles. The van der Waals surface area contributed by atoms with Gasteiger partial charge in [-0.3, -0.25) is 0 Å². The van der Waals surface area contributed by atoms with Crippen molar-refractivity contribution in [2.45, 2.75) is 28.2 Å². The summed E-state index contributed by atoms with van der Waals surface area (Å²) in [5, 5.41) is 0. The van der Waals surface area contributed by atoms with Gasteiger partial charge in [-0.2, -0.15) is 11.8 Å². The van der Waals surface area contributed by atoms with Crippen molar-refractivity contribution in [1.82, 2.24) is 0 Å². The Kier molecular flexibility index (Phi) is 43.1. The summed E-state index contributed by atoms with van der Waals surface area (Å²) in [6, 6.07) is 0. The third-order valence-corrected chi connectivity index (χ3v) is 0. The Labute approximate surface area is 88.3 Å². The number of rotatable bonds is 0. The lowest BCUT2D eigenvalue weighted by atomic mass is 10.3. The normalized spacial score (nSPS) is 6.75. The van der Waals surface area contributed by atoms with Crippen LogP contribution in [0.1, 0.15) is 28.2 Å². The van der Waals surface area contributed by atoms with Gasteiger partial charge in [0.1, 0.15) is 0 Å². The van der Waals surface area contributed by atoms with Crippen LogP contribution in [0.5, 0.6) is 0 Å². The maximum atomic E-state index is 2.19. The molecule has 0 unspecified atom stereocenters. The predicted octanol–water partition coefficient (Wildman–Crippen LogP) is 3.73. The van der Waals surface area contributed by atoms with Crippen molar-refractivity contribution in [1.29, 1.82) is 0 Å². The molecule has 0 bridgehead atoms. The highest BCUT2D eigenvalue weighted by Gasteiger charge is 1.81. The molecule has 0 aromatic carbocycles. The first-order valence-corrected chi connectivity index (χ1v) is 7.62. The number of hydrogen-bond acceptors (Lipinski definition) is 1. The lowest BCUT2D eigenvalue weighted by molar-refractivity contribution is 1.10. The topological polar surface area (TPSA) is 0 Å². The Hall–Kier alpha value is 0.570. The van der Waals surface area contributed by atoms with Gasteiger partial charge in [0.15, 0.2) is 0 Å². The molecule has 0 spiro atoms. The maximum absolute atomic E-state index is 2.19. The van der Waals surface area contributed by atoms with Crippen molar-refractivity contribution in [2.24, 2.45) is 0 Å². The molecule has 0 aromatic heterocycles. The lowest BCUT2D eigenvalue weighted by Crippen LogP contribution is -1.84. The third-order valence-electron chi connectivity index (χ3n) is 0. The van der Waals surface area contributed by atoms with E-state index < -0.39 is 0 Å². The van der Waals surface area contributed by atoms with Crippen LogP contribution in [0, 0.1) is 5.92 Å². The van der Waals surface area contributed by atoms with Crippen molar-refractivity contribution < 1.29 is 0 Å². The maximum Gasteiger partial charge on any atom is 0.0969 e. The fraction of sp³-hybridized carbons (Fsp3) is 0.900. The number of hydrogen-bond donors (Lipinski definition) is 0. The number of thioether (sulfide) groups is 1. The fourth-order valence-corrected chi connectivity index (χ4v) is 0. The van der Waals surface area contributed by atoms with E-state index in [1.54, 1.807) is 11.8 Å². The Balaban J connectivity index is -0.0000000389. The molecule has 0 radical (unpaired) electrons. The zero-order valence-electron chi connectivity index (χ0n) is 9.32. The van der Waals surface area contributed by atoms with E-state index in [-0.39, 0.29) is 7.43 Å². The molecule has 0 aliphatic heterocycles. The highest BCUT2D eigenvalue weighted by Crippen LogP contribution is 1.85. The van der Waals surface area contributed by atoms with E-state index in [9.17, 15) is 0 Å². The van der Waals surface area contributed by atoms with Crippen LogP contribution >= 0.6 is 11.8 Å². The van der Waals surface area contributed by atoms with Crippen LogP contribution in [-0.2, 0) is 10.9 Å².